The van der Waals surface area contributed by atoms with Crippen molar-refractivity contribution >= 4 is 28.7 Å². The molecular formula is C17H19N3O4. The van der Waals surface area contributed by atoms with E-state index in [-0.39, 0.29) is 5.57 Å². The molecule has 0 saturated carbocycles. The predicted molar refractivity (Wildman–Crippen MR) is 88.2 cm³/mol. The fourth-order valence-corrected chi connectivity index (χ4v) is 2.33. The van der Waals surface area contributed by atoms with Crippen LogP contribution in [0.3, 0.4) is 0 Å². The summed E-state index contributed by atoms with van der Waals surface area (Å²) in [5.74, 6) is -1.47. The number of ether oxygens (including phenoxy) is 2. The number of hydrogen-bond donors (Lipinski definition) is 2. The maximum atomic E-state index is 11.9. The molecule has 7 heteroatoms. The van der Waals surface area contributed by atoms with Crippen LogP contribution in [0.2, 0.25) is 0 Å². The van der Waals surface area contributed by atoms with Crippen molar-refractivity contribution in [2.45, 2.75) is 39.4 Å². The number of imidazole rings is 1. The highest BCUT2D eigenvalue weighted by atomic mass is 16.7. The molecule has 24 heavy (non-hydrogen) atoms. The molecule has 0 atom stereocenters. The van der Waals surface area contributed by atoms with Crippen LogP contribution in [0, 0.1) is 0 Å². The number of esters is 2. The lowest BCUT2D eigenvalue weighted by molar-refractivity contribution is -0.222. The number of fused-ring (bicyclic) bond motifs is 1. The third-order valence-electron chi connectivity index (χ3n) is 3.55. The summed E-state index contributed by atoms with van der Waals surface area (Å²) in [5, 5.41) is 2.92. The van der Waals surface area contributed by atoms with Gasteiger partial charge in [-0.1, -0.05) is 13.8 Å². The summed E-state index contributed by atoms with van der Waals surface area (Å²) >= 11 is 0. The normalized spacial score (nSPS) is 17.0. The van der Waals surface area contributed by atoms with Crippen LogP contribution in [0.1, 0.15) is 39.4 Å². The Bertz CT molecular complexity index is 827. The number of cyclic esters (lactones) is 2. The van der Waals surface area contributed by atoms with Crippen LogP contribution in [-0.2, 0) is 19.1 Å². The largest absolute Gasteiger partial charge is 0.419 e. The Morgan fingerprint density at radius 3 is 2.50 bits per heavy atom. The Morgan fingerprint density at radius 2 is 1.88 bits per heavy atom. The van der Waals surface area contributed by atoms with Crippen LogP contribution in [0.15, 0.2) is 30.0 Å². The van der Waals surface area contributed by atoms with Crippen LogP contribution in [0.5, 0.6) is 0 Å². The molecule has 3 rings (SSSR count). The molecule has 126 valence electrons. The maximum absolute atomic E-state index is 11.9. The second-order valence-corrected chi connectivity index (χ2v) is 6.39. The Labute approximate surface area is 139 Å². The van der Waals surface area contributed by atoms with Gasteiger partial charge in [-0.05, 0) is 18.2 Å². The summed E-state index contributed by atoms with van der Waals surface area (Å²) in [6.07, 6.45) is 1.29. The fraction of sp³-hybridized carbons (Fsp3) is 0.353. The minimum atomic E-state index is -1.24. The first-order chi connectivity index (χ1) is 11.2. The second-order valence-electron chi connectivity index (χ2n) is 6.39. The zero-order valence-electron chi connectivity index (χ0n) is 14.0. The molecule has 0 unspecified atom stereocenters. The summed E-state index contributed by atoms with van der Waals surface area (Å²) in [4.78, 5) is 31.5. The van der Waals surface area contributed by atoms with Crippen molar-refractivity contribution in [2.75, 3.05) is 5.32 Å². The number of aromatic nitrogens is 2. The highest BCUT2D eigenvalue weighted by molar-refractivity contribution is 6.15. The molecular weight excluding hydrogens is 310 g/mol. The molecule has 1 fully saturated rings. The third-order valence-corrected chi connectivity index (χ3v) is 3.55. The van der Waals surface area contributed by atoms with Crippen molar-refractivity contribution in [2.24, 2.45) is 0 Å². The van der Waals surface area contributed by atoms with E-state index in [1.807, 2.05) is 18.2 Å². The summed E-state index contributed by atoms with van der Waals surface area (Å²) in [6.45, 7) is 7.13. The smallest absolute Gasteiger partial charge is 0.350 e. The van der Waals surface area contributed by atoms with Crippen molar-refractivity contribution < 1.29 is 19.1 Å². The second kappa shape index (κ2) is 5.67. The van der Waals surface area contributed by atoms with E-state index in [1.165, 1.54) is 20.0 Å². The lowest BCUT2D eigenvalue weighted by Crippen LogP contribution is -2.42. The van der Waals surface area contributed by atoms with Gasteiger partial charge in [-0.25, -0.2) is 14.6 Å². The number of benzene rings is 1. The van der Waals surface area contributed by atoms with E-state index < -0.39 is 17.7 Å². The van der Waals surface area contributed by atoms with E-state index >= 15 is 0 Å². The van der Waals surface area contributed by atoms with Crippen LogP contribution in [-0.4, -0.2) is 27.7 Å². The van der Waals surface area contributed by atoms with E-state index in [2.05, 4.69) is 29.1 Å². The Hall–Kier alpha value is -2.83. The lowest BCUT2D eigenvalue weighted by Gasteiger charge is -2.29. The zero-order valence-corrected chi connectivity index (χ0v) is 14.0. The van der Waals surface area contributed by atoms with E-state index in [1.54, 1.807) is 0 Å². The average Bonchev–Trinajstić information content (AvgIpc) is 2.88. The number of hydrogen-bond acceptors (Lipinski definition) is 6. The van der Waals surface area contributed by atoms with Crippen molar-refractivity contribution in [3.8, 4) is 0 Å². The number of carbonyl (C=O) groups is 2. The Morgan fingerprint density at radius 1 is 1.21 bits per heavy atom. The summed E-state index contributed by atoms with van der Waals surface area (Å²) in [6, 6.07) is 5.53. The molecule has 1 saturated heterocycles. The number of carbonyl (C=O) groups excluding carboxylic acids is 2. The van der Waals surface area contributed by atoms with Crippen molar-refractivity contribution in [1.82, 2.24) is 9.97 Å². The minimum absolute atomic E-state index is 0.179. The van der Waals surface area contributed by atoms with Gasteiger partial charge < -0.3 is 19.8 Å². The van der Waals surface area contributed by atoms with Gasteiger partial charge in [0.1, 0.15) is 5.82 Å². The van der Waals surface area contributed by atoms with Crippen LogP contribution in [0.4, 0.5) is 5.69 Å². The van der Waals surface area contributed by atoms with Gasteiger partial charge in [0.05, 0.1) is 11.0 Å². The molecule has 1 aromatic carbocycles. The summed E-state index contributed by atoms with van der Waals surface area (Å²) in [5.41, 5.74) is 2.26. The van der Waals surface area contributed by atoms with Gasteiger partial charge in [-0.3, -0.25) is 0 Å². The molecule has 2 N–H and O–H groups in total. The lowest BCUT2D eigenvalue weighted by atomic mass is 10.2. The minimum Gasteiger partial charge on any atom is -0.419 e. The molecule has 0 radical (unpaired) electrons. The maximum Gasteiger partial charge on any atom is 0.350 e. The summed E-state index contributed by atoms with van der Waals surface area (Å²) in [7, 11) is 0. The Kier molecular flexibility index (Phi) is 3.79. The number of rotatable bonds is 3. The zero-order chi connectivity index (χ0) is 17.5. The molecule has 0 amide bonds. The van der Waals surface area contributed by atoms with Gasteiger partial charge >= 0.3 is 11.9 Å². The molecule has 7 nitrogen and oxygen atoms in total. The van der Waals surface area contributed by atoms with E-state index in [0.29, 0.717) is 11.6 Å². The highest BCUT2D eigenvalue weighted by Crippen LogP contribution is 2.24. The number of aromatic amines is 1. The van der Waals surface area contributed by atoms with Crippen LogP contribution in [0.25, 0.3) is 11.0 Å². The topological polar surface area (TPSA) is 93.3 Å². The number of nitrogens with zero attached hydrogens (tertiary/aromatic N) is 1. The summed E-state index contributed by atoms with van der Waals surface area (Å²) < 4.78 is 10.1. The first-order valence-corrected chi connectivity index (χ1v) is 7.68. The van der Waals surface area contributed by atoms with Crippen molar-refractivity contribution in [3.05, 3.63) is 35.8 Å². The number of nitrogens with one attached hydrogen (secondary N) is 2. The van der Waals surface area contributed by atoms with Gasteiger partial charge in [-0.15, -0.1) is 0 Å². The van der Waals surface area contributed by atoms with Crippen molar-refractivity contribution in [1.29, 1.82) is 0 Å². The number of anilines is 1. The van der Waals surface area contributed by atoms with E-state index in [0.717, 1.165) is 16.9 Å². The van der Waals surface area contributed by atoms with E-state index in [9.17, 15) is 9.59 Å². The highest BCUT2D eigenvalue weighted by Gasteiger charge is 2.38. The predicted octanol–water partition coefficient (Wildman–Crippen LogP) is 2.82. The third kappa shape index (κ3) is 3.10. The Balaban J connectivity index is 1.82. The monoisotopic (exact) mass is 329 g/mol. The number of H-pyrrole nitrogens is 1. The molecule has 0 aliphatic carbocycles. The van der Waals surface area contributed by atoms with E-state index in [4.69, 9.17) is 9.47 Å². The molecule has 0 bridgehead atoms. The van der Waals surface area contributed by atoms with Crippen LogP contribution < -0.4 is 5.32 Å². The molecule has 2 heterocycles. The molecule has 2 aromatic rings. The standard InChI is InChI=1S/C17H19N3O4/c1-9(2)14-19-12-6-5-10(7-13(12)20-14)18-8-11-15(21)23-17(3,4)24-16(11)22/h5-9,18H,1-4H3,(H,19,20). The molecule has 1 aliphatic rings. The van der Waals surface area contributed by atoms with Gasteiger partial charge in [0.25, 0.3) is 5.79 Å². The first-order valence-electron chi connectivity index (χ1n) is 7.68. The molecule has 1 aromatic heterocycles. The van der Waals surface area contributed by atoms with Gasteiger partial charge in [0.15, 0.2) is 5.57 Å². The fourth-order valence-electron chi connectivity index (χ4n) is 2.33. The SMILES string of the molecule is CC(C)c1nc2ccc(NC=C3C(=O)OC(C)(C)OC3=O)cc2[nH]1. The van der Waals surface area contributed by atoms with Gasteiger partial charge in [0.2, 0.25) is 0 Å². The average molecular weight is 329 g/mol. The van der Waals surface area contributed by atoms with Crippen LogP contribution >= 0.6 is 0 Å². The quantitative estimate of drug-likeness (QED) is 0.511. The molecule has 1 aliphatic heterocycles. The first kappa shape index (κ1) is 16.0. The van der Waals surface area contributed by atoms with Crippen molar-refractivity contribution in [3.63, 3.8) is 0 Å². The van der Waals surface area contributed by atoms with Gasteiger partial charge in [-0.2, -0.15) is 0 Å². The van der Waals surface area contributed by atoms with Gasteiger partial charge in [0, 0.05) is 31.7 Å². The molecule has 0 spiro atoms.